The third-order valence-electron chi connectivity index (χ3n) is 19.9. The summed E-state index contributed by atoms with van der Waals surface area (Å²) in [5, 5.41) is 0. The molecular weight excluding hydrogens is 951 g/mol. The fraction of sp³-hybridized carbons (Fsp3) is 0.971. The summed E-state index contributed by atoms with van der Waals surface area (Å²) in [5.41, 5.74) is 0.964. The molecule has 0 aromatic carbocycles. The van der Waals surface area contributed by atoms with Crippen molar-refractivity contribution >= 4 is 11.9 Å². The minimum absolute atomic E-state index is 0.0100. The van der Waals surface area contributed by atoms with E-state index in [1.807, 2.05) is 0 Å². The zero-order valence-corrected chi connectivity index (χ0v) is 53.8. The van der Waals surface area contributed by atoms with Crippen LogP contribution >= 0.6 is 0 Å². The van der Waals surface area contributed by atoms with Crippen molar-refractivity contribution in [2.45, 2.75) is 315 Å². The summed E-state index contributed by atoms with van der Waals surface area (Å²) in [5.74, 6) is 7.26. The minimum Gasteiger partial charge on any atom is -0.466 e. The van der Waals surface area contributed by atoms with Gasteiger partial charge < -0.3 is 23.8 Å². The second kappa shape index (κ2) is 35.7. The molecule has 5 fully saturated rings. The van der Waals surface area contributed by atoms with E-state index in [0.717, 1.165) is 120 Å². The van der Waals surface area contributed by atoms with Gasteiger partial charge in [-0.2, -0.15) is 0 Å². The predicted molar refractivity (Wildman–Crippen MR) is 326 cm³/mol. The first-order valence-corrected chi connectivity index (χ1v) is 33.9. The number of carbonyl (C=O) groups excluding carboxylic acids is 2. The van der Waals surface area contributed by atoms with Crippen LogP contribution in [0.2, 0.25) is 0 Å². The van der Waals surface area contributed by atoms with Crippen LogP contribution in [0.5, 0.6) is 0 Å². The number of hydrogen-bond acceptors (Lipinski definition) is 7. The first kappa shape index (κ1) is 68.3. The average Bonchev–Trinajstić information content (AvgIpc) is 4.08. The van der Waals surface area contributed by atoms with Crippen LogP contribution in [0, 0.1) is 81.3 Å². The van der Waals surface area contributed by atoms with E-state index in [1.54, 1.807) is 0 Å². The third kappa shape index (κ3) is 27.6. The first-order valence-electron chi connectivity index (χ1n) is 33.9. The summed E-state index contributed by atoms with van der Waals surface area (Å²) in [4.78, 5) is 30.0. The van der Waals surface area contributed by atoms with Gasteiger partial charge in [-0.05, 0) is 217 Å². The van der Waals surface area contributed by atoms with Crippen molar-refractivity contribution in [2.75, 3.05) is 39.5 Å². The van der Waals surface area contributed by atoms with Crippen molar-refractivity contribution in [3.8, 4) is 0 Å². The highest BCUT2D eigenvalue weighted by Crippen LogP contribution is 2.73. The molecule has 4 aliphatic carbocycles. The van der Waals surface area contributed by atoms with Crippen LogP contribution in [0.1, 0.15) is 302 Å². The van der Waals surface area contributed by atoms with E-state index in [-0.39, 0.29) is 24.3 Å². The first-order chi connectivity index (χ1) is 36.6. The number of hydrogen-bond donors (Lipinski definition) is 0. The summed E-state index contributed by atoms with van der Waals surface area (Å²) < 4.78 is 24.9. The molecule has 0 spiro atoms. The van der Waals surface area contributed by atoms with Gasteiger partial charge in [0.25, 0.3) is 0 Å². The summed E-state index contributed by atoms with van der Waals surface area (Å²) in [6, 6.07) is 0. The molecule has 4 saturated carbocycles. The van der Waals surface area contributed by atoms with Crippen LogP contribution in [0.4, 0.5) is 0 Å². The van der Waals surface area contributed by atoms with E-state index in [0.29, 0.717) is 77.8 Å². The van der Waals surface area contributed by atoms with Gasteiger partial charge in [0.15, 0.2) is 6.29 Å². The molecule has 0 N–H and O–H groups in total. The van der Waals surface area contributed by atoms with Gasteiger partial charge in [-0.25, -0.2) is 0 Å². The fourth-order valence-electron chi connectivity index (χ4n) is 16.7. The van der Waals surface area contributed by atoms with Crippen molar-refractivity contribution in [3.05, 3.63) is 0 Å². The Morgan fingerprint density at radius 3 is 1.17 bits per heavy atom. The fourth-order valence-corrected chi connectivity index (χ4v) is 16.7. The Morgan fingerprint density at radius 1 is 0.481 bits per heavy atom. The van der Waals surface area contributed by atoms with E-state index in [2.05, 4.69) is 102 Å². The molecule has 7 heteroatoms. The van der Waals surface area contributed by atoms with E-state index in [1.165, 1.54) is 128 Å². The van der Waals surface area contributed by atoms with Gasteiger partial charge >= 0.3 is 11.9 Å². The summed E-state index contributed by atoms with van der Waals surface area (Å²) in [7, 11) is 0. The molecule has 7 nitrogen and oxygen atoms in total. The zero-order chi connectivity index (χ0) is 56.4. The van der Waals surface area contributed by atoms with Crippen molar-refractivity contribution in [2.24, 2.45) is 81.3 Å². The molecule has 8 unspecified atom stereocenters. The molecule has 4 bridgehead atoms. The van der Waals surface area contributed by atoms with E-state index in [9.17, 15) is 9.59 Å². The smallest absolute Gasteiger partial charge is 0.306 e. The van der Waals surface area contributed by atoms with Gasteiger partial charge in [0.05, 0.1) is 13.2 Å². The van der Waals surface area contributed by atoms with Crippen LogP contribution in [-0.2, 0) is 28.5 Å². The van der Waals surface area contributed by atoms with Gasteiger partial charge in [0.2, 0.25) is 0 Å². The quantitative estimate of drug-likeness (QED) is 0.0341. The summed E-state index contributed by atoms with van der Waals surface area (Å²) in [6.07, 6.45) is 38.2. The maximum atomic E-state index is 13.8. The standard InChI is InChI=1S/C70H131NO6/c1-15-71(16-2)37-21-33-64-67(77-64)76-40-24-36-70-49-63-47-68(51-70,34-22-38-74-65(72)45-61(41-57(11)29-17-25-53(3)4)42-58(12)30-18-26-54(5)6)50-69(48-63,52-70)35-23-39-75-66(73)46-62(43-59(13)31-19-27-55(7)8)44-60(14)32-20-28-56(9)10/h53-64,67H,15-52H2,1-14H3. The molecule has 77 heavy (non-hydrogen) atoms. The van der Waals surface area contributed by atoms with Gasteiger partial charge in [0, 0.05) is 19.4 Å². The molecule has 5 rings (SSSR count). The van der Waals surface area contributed by atoms with Crippen LogP contribution in [0.3, 0.4) is 0 Å². The molecule has 0 radical (unpaired) electrons. The lowest BCUT2D eigenvalue weighted by atomic mass is 9.37. The van der Waals surface area contributed by atoms with Gasteiger partial charge in [-0.3, -0.25) is 9.59 Å². The topological polar surface area (TPSA) is 77.6 Å². The lowest BCUT2D eigenvalue weighted by Gasteiger charge is -2.67. The monoisotopic (exact) mass is 1080 g/mol. The second-order valence-electron chi connectivity index (χ2n) is 30.1. The minimum atomic E-state index is -0.0100. The molecule has 5 aliphatic rings. The van der Waals surface area contributed by atoms with Crippen LogP contribution in [0.25, 0.3) is 0 Å². The number of esters is 2. The van der Waals surface area contributed by atoms with E-state index < -0.39 is 0 Å². The predicted octanol–water partition coefficient (Wildman–Crippen LogP) is 19.7. The average molecular weight is 1080 g/mol. The molecule has 8 atom stereocenters. The SMILES string of the molecule is CCN(CC)CCCC1OC1OCCCC12CC3CC(CCCOC(=O)CC(CC(C)CCCC(C)C)CC(C)CCCC(C)C)(CC(CCCOC(=O)CC(CC(C)CCCC(C)C)CC(C)CCCC(C)C)(C3)C1)C2. The Labute approximate surface area is 478 Å². The number of rotatable bonds is 47. The normalized spacial score (nSPS) is 26.2. The summed E-state index contributed by atoms with van der Waals surface area (Å²) >= 11 is 0. The number of ether oxygens (including phenoxy) is 4. The molecule has 1 saturated heterocycles. The Hall–Kier alpha value is -1.18. The highest BCUT2D eigenvalue weighted by molar-refractivity contribution is 5.70. The maximum Gasteiger partial charge on any atom is 0.306 e. The second-order valence-corrected chi connectivity index (χ2v) is 30.1. The highest BCUT2D eigenvalue weighted by atomic mass is 16.8. The van der Waals surface area contributed by atoms with Crippen molar-refractivity contribution < 1.29 is 28.5 Å². The Bertz CT molecular complexity index is 1440. The molecule has 0 aromatic heterocycles. The largest absolute Gasteiger partial charge is 0.466 e. The Balaban J connectivity index is 1.36. The number of nitrogens with zero attached hydrogens (tertiary/aromatic N) is 1. The lowest BCUT2D eigenvalue weighted by Crippen LogP contribution is -2.57. The van der Waals surface area contributed by atoms with Gasteiger partial charge in [0.1, 0.15) is 6.10 Å². The lowest BCUT2D eigenvalue weighted by molar-refractivity contribution is -0.172. The number of carbonyl (C=O) groups is 2. The van der Waals surface area contributed by atoms with Gasteiger partial charge in [-0.15, -0.1) is 0 Å². The van der Waals surface area contributed by atoms with Crippen molar-refractivity contribution in [3.63, 3.8) is 0 Å². The van der Waals surface area contributed by atoms with Crippen molar-refractivity contribution in [1.82, 2.24) is 4.90 Å². The van der Waals surface area contributed by atoms with Gasteiger partial charge in [-0.1, -0.05) is 174 Å². The highest BCUT2D eigenvalue weighted by Gasteiger charge is 2.62. The zero-order valence-electron chi connectivity index (χ0n) is 53.8. The molecule has 0 aromatic rings. The Morgan fingerprint density at radius 2 is 0.831 bits per heavy atom. The summed E-state index contributed by atoms with van der Waals surface area (Å²) in [6.45, 7) is 38.1. The maximum absolute atomic E-state index is 13.8. The molecular formula is C70H131NO6. The third-order valence-corrected chi connectivity index (χ3v) is 19.9. The van der Waals surface area contributed by atoms with Crippen LogP contribution in [0.15, 0.2) is 0 Å². The van der Waals surface area contributed by atoms with E-state index >= 15 is 0 Å². The molecule has 452 valence electrons. The van der Waals surface area contributed by atoms with Crippen molar-refractivity contribution in [1.29, 1.82) is 0 Å². The van der Waals surface area contributed by atoms with Crippen LogP contribution in [-0.4, -0.2) is 68.7 Å². The van der Waals surface area contributed by atoms with E-state index in [4.69, 9.17) is 18.9 Å². The molecule has 1 heterocycles. The Kier molecular flexibility index (Phi) is 31.7. The van der Waals surface area contributed by atoms with Crippen LogP contribution < -0.4 is 0 Å². The number of epoxide rings is 1. The molecule has 1 aliphatic heterocycles. The molecule has 0 amide bonds.